The summed E-state index contributed by atoms with van der Waals surface area (Å²) in [5.74, 6) is -5.38. The molecule has 1 heterocycles. The average molecular weight is 370 g/mol. The molecule has 1 unspecified atom stereocenters. The highest BCUT2D eigenvalue weighted by molar-refractivity contribution is 5.89. The second-order valence-electron chi connectivity index (χ2n) is 5.40. The number of rotatable bonds is 7. The van der Waals surface area contributed by atoms with Crippen molar-refractivity contribution in [2.75, 3.05) is 0 Å². The number of carboxylic acid groups (broad SMARTS) is 2. The van der Waals surface area contributed by atoms with Gasteiger partial charge in [0, 0.05) is 0 Å². The molecule has 13 heteroatoms. The summed E-state index contributed by atoms with van der Waals surface area (Å²) in [6.07, 6.45) is -21.0. The van der Waals surface area contributed by atoms with Gasteiger partial charge < -0.3 is 50.7 Å². The molecule has 0 radical (unpaired) electrons. The number of carbonyl (C=O) groups excluding carboxylic acids is 1. The molecular weight excluding hydrogens is 352 g/mol. The van der Waals surface area contributed by atoms with Crippen molar-refractivity contribution in [3.8, 4) is 0 Å². The van der Waals surface area contributed by atoms with Crippen molar-refractivity contribution in [3.05, 3.63) is 0 Å². The van der Waals surface area contributed by atoms with E-state index in [2.05, 4.69) is 4.74 Å². The highest BCUT2D eigenvalue weighted by Crippen LogP contribution is 2.24. The maximum Gasteiger partial charge on any atom is 0.335 e. The summed E-state index contributed by atoms with van der Waals surface area (Å²) < 4.78 is 4.62. The molecule has 13 nitrogen and oxygen atoms in total. The van der Waals surface area contributed by atoms with Gasteiger partial charge in [-0.25, -0.2) is 9.59 Å². The van der Waals surface area contributed by atoms with E-state index in [1.165, 1.54) is 0 Å². The molecule has 9 N–H and O–H groups in total. The highest BCUT2D eigenvalue weighted by atomic mass is 16.6. The van der Waals surface area contributed by atoms with Gasteiger partial charge in [0.15, 0.2) is 18.0 Å². The number of carbonyl (C=O) groups is 3. The van der Waals surface area contributed by atoms with Crippen molar-refractivity contribution in [2.24, 2.45) is 0 Å². The van der Waals surface area contributed by atoms with Crippen LogP contribution in [-0.4, -0.2) is 119 Å². The van der Waals surface area contributed by atoms with Crippen LogP contribution in [0.3, 0.4) is 0 Å². The fraction of sp³-hybridized carbons (Fsp3) is 0.750. The summed E-state index contributed by atoms with van der Waals surface area (Å²) in [6.45, 7) is 0. The van der Waals surface area contributed by atoms with Crippen molar-refractivity contribution in [1.82, 2.24) is 0 Å². The maximum absolute atomic E-state index is 12.0. The molecular formula is C12H18O13. The third kappa shape index (κ3) is 4.28. The Morgan fingerprint density at radius 2 is 1.16 bits per heavy atom. The topological polar surface area (TPSA) is 243 Å². The summed E-state index contributed by atoms with van der Waals surface area (Å²) in [7, 11) is 0. The minimum Gasteiger partial charge on any atom is -0.479 e. The summed E-state index contributed by atoms with van der Waals surface area (Å²) >= 11 is 0. The van der Waals surface area contributed by atoms with Crippen LogP contribution >= 0.6 is 0 Å². The normalized spacial score (nSPS) is 34.6. The van der Waals surface area contributed by atoms with Gasteiger partial charge in [0.05, 0.1) is 0 Å². The molecule has 0 spiro atoms. The number of ether oxygens (including phenoxy) is 1. The van der Waals surface area contributed by atoms with Gasteiger partial charge in [0.2, 0.25) is 0 Å². The number of hydrogen-bond acceptors (Lipinski definition) is 11. The van der Waals surface area contributed by atoms with Gasteiger partial charge in [-0.3, -0.25) is 4.79 Å². The van der Waals surface area contributed by atoms with E-state index in [0.29, 0.717) is 0 Å². The van der Waals surface area contributed by atoms with E-state index >= 15 is 0 Å². The lowest BCUT2D eigenvalue weighted by Crippen LogP contribution is -2.64. The monoisotopic (exact) mass is 370 g/mol. The fourth-order valence-electron chi connectivity index (χ4n) is 2.18. The lowest BCUT2D eigenvalue weighted by Gasteiger charge is -2.39. The molecule has 0 aromatic heterocycles. The Morgan fingerprint density at radius 3 is 1.60 bits per heavy atom. The standard InChI is InChI=1S/C12H18O13/c13-1(3(15)8(20)11(21)22)2(14)5(17)9-6(18)4(16)7(19)10(25-9)12(23)24/h1-4,6-10,13-16,18-20H,(H,21,22)(H,23,24)/t1-,2-,3+,4+,6+,7-,8-,9?,10+/m1/s1. The van der Waals surface area contributed by atoms with E-state index in [9.17, 15) is 45.0 Å². The predicted molar refractivity (Wildman–Crippen MR) is 71.0 cm³/mol. The molecule has 144 valence electrons. The molecule has 1 aliphatic heterocycles. The van der Waals surface area contributed by atoms with Crippen molar-refractivity contribution in [1.29, 1.82) is 0 Å². The molecule has 1 saturated heterocycles. The molecule has 1 aliphatic rings. The van der Waals surface area contributed by atoms with Crippen LogP contribution in [0.1, 0.15) is 0 Å². The first-order chi connectivity index (χ1) is 11.4. The van der Waals surface area contributed by atoms with Crippen LogP contribution in [0.25, 0.3) is 0 Å². The van der Waals surface area contributed by atoms with Gasteiger partial charge >= 0.3 is 11.9 Å². The number of carboxylic acids is 2. The fourth-order valence-corrected chi connectivity index (χ4v) is 2.18. The lowest BCUT2D eigenvalue weighted by molar-refractivity contribution is -0.229. The zero-order chi connectivity index (χ0) is 19.6. The molecule has 0 amide bonds. The number of Topliss-reactive ketones (excluding diaryl/α,β-unsaturated/α-hetero) is 1. The minimum atomic E-state index is -2.61. The zero-order valence-electron chi connectivity index (χ0n) is 12.4. The van der Waals surface area contributed by atoms with E-state index in [4.69, 9.17) is 15.3 Å². The van der Waals surface area contributed by atoms with Crippen molar-refractivity contribution in [3.63, 3.8) is 0 Å². The Labute approximate surface area is 138 Å². The van der Waals surface area contributed by atoms with Gasteiger partial charge in [0.25, 0.3) is 0 Å². The van der Waals surface area contributed by atoms with E-state index in [0.717, 1.165) is 0 Å². The summed E-state index contributed by atoms with van der Waals surface area (Å²) in [6, 6.07) is 0. The SMILES string of the molecule is O=C(O)[C@H]1OC(C(=O)[C@H](O)[C@@H](O)[C@H](O)[C@@H](O)C(=O)O)[C@@H](O)[C@H](O)[C@H]1O. The first-order valence-electron chi connectivity index (χ1n) is 6.83. The van der Waals surface area contributed by atoms with Crippen molar-refractivity contribution < 1.29 is 65.1 Å². The molecule has 0 aliphatic carbocycles. The number of ketones is 1. The Bertz CT molecular complexity index is 521. The summed E-state index contributed by atoms with van der Waals surface area (Å²) in [4.78, 5) is 33.5. The molecule has 0 aromatic carbocycles. The Balaban J connectivity index is 2.96. The quantitative estimate of drug-likeness (QED) is 0.203. The molecule has 0 aromatic rings. The van der Waals surface area contributed by atoms with Crippen LogP contribution in [0.2, 0.25) is 0 Å². The van der Waals surface area contributed by atoms with Crippen LogP contribution < -0.4 is 0 Å². The zero-order valence-corrected chi connectivity index (χ0v) is 12.4. The lowest BCUT2D eigenvalue weighted by atomic mass is 9.89. The summed E-state index contributed by atoms with van der Waals surface area (Å²) in [5, 5.41) is 83.8. The molecule has 0 saturated carbocycles. The largest absolute Gasteiger partial charge is 0.479 e. The molecule has 1 rings (SSSR count). The third-order valence-corrected chi connectivity index (χ3v) is 3.68. The van der Waals surface area contributed by atoms with Gasteiger partial charge in [-0.05, 0) is 0 Å². The summed E-state index contributed by atoms with van der Waals surface area (Å²) in [5.41, 5.74) is 0. The average Bonchev–Trinajstić information content (AvgIpc) is 2.56. The van der Waals surface area contributed by atoms with Gasteiger partial charge in [0.1, 0.15) is 42.7 Å². The Kier molecular flexibility index (Phi) is 6.92. The van der Waals surface area contributed by atoms with E-state index < -0.39 is 72.7 Å². The van der Waals surface area contributed by atoms with Gasteiger partial charge in [-0.15, -0.1) is 0 Å². The van der Waals surface area contributed by atoms with Crippen LogP contribution in [0.15, 0.2) is 0 Å². The first-order valence-corrected chi connectivity index (χ1v) is 6.83. The number of aliphatic hydroxyl groups is 7. The smallest absolute Gasteiger partial charge is 0.335 e. The molecule has 1 fully saturated rings. The third-order valence-electron chi connectivity index (χ3n) is 3.68. The minimum absolute atomic E-state index is 1.62. The Hall–Kier alpha value is -1.71. The van der Waals surface area contributed by atoms with Crippen LogP contribution in [-0.2, 0) is 19.1 Å². The maximum atomic E-state index is 12.0. The van der Waals surface area contributed by atoms with Crippen LogP contribution in [0.4, 0.5) is 0 Å². The van der Waals surface area contributed by atoms with Crippen LogP contribution in [0, 0.1) is 0 Å². The van der Waals surface area contributed by atoms with E-state index in [1.54, 1.807) is 0 Å². The first kappa shape index (κ1) is 21.3. The molecule has 9 atom stereocenters. The van der Waals surface area contributed by atoms with Crippen molar-refractivity contribution >= 4 is 17.7 Å². The molecule has 25 heavy (non-hydrogen) atoms. The number of aliphatic hydroxyl groups excluding tert-OH is 7. The van der Waals surface area contributed by atoms with Gasteiger partial charge in [-0.2, -0.15) is 0 Å². The van der Waals surface area contributed by atoms with Crippen LogP contribution in [0.5, 0.6) is 0 Å². The predicted octanol–water partition coefficient (Wildman–Crippen LogP) is -5.98. The van der Waals surface area contributed by atoms with E-state index in [1.807, 2.05) is 0 Å². The highest BCUT2D eigenvalue weighted by Gasteiger charge is 2.51. The van der Waals surface area contributed by atoms with Gasteiger partial charge in [-0.1, -0.05) is 0 Å². The second kappa shape index (κ2) is 8.11. The number of aliphatic carboxylic acids is 2. The second-order valence-corrected chi connectivity index (χ2v) is 5.40. The number of hydrogen-bond donors (Lipinski definition) is 9. The molecule has 0 bridgehead atoms. The van der Waals surface area contributed by atoms with Crippen molar-refractivity contribution in [2.45, 2.75) is 54.9 Å². The van der Waals surface area contributed by atoms with E-state index in [-0.39, 0.29) is 0 Å². The Morgan fingerprint density at radius 1 is 0.720 bits per heavy atom.